The summed E-state index contributed by atoms with van der Waals surface area (Å²) in [6.45, 7) is 0. The minimum atomic E-state index is 0.534. The first kappa shape index (κ1) is 7.73. The molecular formula is C10H8N2O. The van der Waals surface area contributed by atoms with Crippen LogP contribution in [0.25, 0.3) is 11.1 Å². The summed E-state index contributed by atoms with van der Waals surface area (Å²) in [4.78, 5) is 0.534. The minimum absolute atomic E-state index is 0.534. The van der Waals surface area contributed by atoms with Gasteiger partial charge in [-0.3, -0.25) is 0 Å². The quantitative estimate of drug-likeness (QED) is 0.481. The van der Waals surface area contributed by atoms with Crippen LogP contribution >= 0.6 is 0 Å². The zero-order chi connectivity index (χ0) is 9.10. The molecule has 0 radical (unpaired) electrons. The van der Waals surface area contributed by atoms with Crippen LogP contribution in [0.1, 0.15) is 0 Å². The van der Waals surface area contributed by atoms with E-state index in [0.717, 1.165) is 11.1 Å². The lowest BCUT2D eigenvalue weighted by atomic mass is 10.1. The smallest absolute Gasteiger partial charge is 0.210 e. The van der Waals surface area contributed by atoms with Crippen molar-refractivity contribution in [1.82, 2.24) is 5.10 Å². The Hall–Kier alpha value is -1.90. The number of hydrogen-bond donors (Lipinski definition) is 0. The maximum Gasteiger partial charge on any atom is 0.210 e. The van der Waals surface area contributed by atoms with Gasteiger partial charge in [-0.25, -0.2) is 0 Å². The summed E-state index contributed by atoms with van der Waals surface area (Å²) < 4.78 is 0. The summed E-state index contributed by atoms with van der Waals surface area (Å²) in [5, 5.41) is 14.3. The maximum absolute atomic E-state index is 10.7. The number of aromatic nitrogens is 2. The number of benzene rings is 1. The highest BCUT2D eigenvalue weighted by Crippen LogP contribution is 2.15. The molecule has 1 heterocycles. The topological polar surface area (TPSA) is 39.8 Å². The van der Waals surface area contributed by atoms with E-state index in [1.807, 2.05) is 30.3 Å². The summed E-state index contributed by atoms with van der Waals surface area (Å²) in [6.07, 6.45) is 2.95. The Balaban J connectivity index is 2.42. The molecule has 0 amide bonds. The summed E-state index contributed by atoms with van der Waals surface area (Å²) in [5.41, 5.74) is 2.02. The first-order chi connectivity index (χ1) is 6.36. The minimum Gasteiger partial charge on any atom is -0.594 e. The van der Waals surface area contributed by atoms with Crippen molar-refractivity contribution in [3.8, 4) is 11.1 Å². The molecule has 0 aliphatic carbocycles. The second-order valence-corrected chi connectivity index (χ2v) is 2.68. The molecule has 0 bridgehead atoms. The van der Waals surface area contributed by atoms with E-state index in [1.165, 1.54) is 6.20 Å². The highest BCUT2D eigenvalue weighted by atomic mass is 16.5. The largest absolute Gasteiger partial charge is 0.594 e. The third-order valence-electron chi connectivity index (χ3n) is 1.80. The van der Waals surface area contributed by atoms with E-state index < -0.39 is 0 Å². The van der Waals surface area contributed by atoms with Crippen LogP contribution in [0.15, 0.2) is 48.8 Å². The van der Waals surface area contributed by atoms with E-state index in [4.69, 9.17) is 0 Å². The first-order valence-corrected chi connectivity index (χ1v) is 3.97. The normalized spacial score (nSPS) is 9.85. The molecule has 0 atom stereocenters. The lowest BCUT2D eigenvalue weighted by Crippen LogP contribution is -2.29. The van der Waals surface area contributed by atoms with Crippen molar-refractivity contribution in [3.05, 3.63) is 54.0 Å². The monoisotopic (exact) mass is 172 g/mol. The summed E-state index contributed by atoms with van der Waals surface area (Å²) in [5.74, 6) is 0. The second-order valence-electron chi connectivity index (χ2n) is 2.68. The van der Waals surface area contributed by atoms with Gasteiger partial charge in [-0.15, -0.1) is 0 Å². The Bertz CT molecular complexity index is 383. The van der Waals surface area contributed by atoms with Crippen molar-refractivity contribution >= 4 is 0 Å². The Morgan fingerprint density at radius 2 is 1.77 bits per heavy atom. The van der Waals surface area contributed by atoms with Crippen molar-refractivity contribution in [3.63, 3.8) is 0 Å². The highest BCUT2D eigenvalue weighted by Gasteiger charge is 1.97. The van der Waals surface area contributed by atoms with Crippen LogP contribution in [0.5, 0.6) is 0 Å². The maximum atomic E-state index is 10.7. The Kier molecular flexibility index (Phi) is 1.92. The van der Waals surface area contributed by atoms with Crippen LogP contribution in [-0.2, 0) is 0 Å². The van der Waals surface area contributed by atoms with Gasteiger partial charge in [0.05, 0.1) is 0 Å². The van der Waals surface area contributed by atoms with Crippen LogP contribution in [0.3, 0.4) is 0 Å². The van der Waals surface area contributed by atoms with Crippen molar-refractivity contribution in [1.29, 1.82) is 0 Å². The second kappa shape index (κ2) is 3.23. The van der Waals surface area contributed by atoms with E-state index in [0.29, 0.717) is 4.85 Å². The molecule has 0 N–H and O–H groups in total. The molecule has 1 aromatic carbocycles. The molecule has 3 heteroatoms. The fourth-order valence-corrected chi connectivity index (χ4v) is 1.15. The molecule has 0 spiro atoms. The molecule has 1 aromatic heterocycles. The Labute approximate surface area is 75.9 Å². The van der Waals surface area contributed by atoms with E-state index in [9.17, 15) is 5.21 Å². The molecule has 2 rings (SSSR count). The zero-order valence-electron chi connectivity index (χ0n) is 6.92. The fourth-order valence-electron chi connectivity index (χ4n) is 1.15. The van der Waals surface area contributed by atoms with Crippen molar-refractivity contribution in [2.45, 2.75) is 0 Å². The van der Waals surface area contributed by atoms with Crippen LogP contribution in [0, 0.1) is 5.21 Å². The van der Waals surface area contributed by atoms with Gasteiger partial charge in [0.2, 0.25) is 6.20 Å². The van der Waals surface area contributed by atoms with Gasteiger partial charge in [0.25, 0.3) is 0 Å². The molecule has 2 aromatic rings. The van der Waals surface area contributed by atoms with Crippen LogP contribution in [-0.4, -0.2) is 5.10 Å². The number of hydrogen-bond acceptors (Lipinski definition) is 2. The molecule has 0 aliphatic heterocycles. The van der Waals surface area contributed by atoms with Crippen LogP contribution in [0.2, 0.25) is 0 Å². The lowest BCUT2D eigenvalue weighted by Gasteiger charge is -1.98. The van der Waals surface area contributed by atoms with Crippen LogP contribution in [0.4, 0.5) is 0 Å². The fraction of sp³-hybridized carbons (Fsp3) is 0. The summed E-state index contributed by atoms with van der Waals surface area (Å²) in [6, 6.07) is 11.6. The van der Waals surface area contributed by atoms with Gasteiger partial charge in [-0.2, -0.15) is 0 Å². The van der Waals surface area contributed by atoms with Gasteiger partial charge in [0.1, 0.15) is 6.20 Å². The van der Waals surface area contributed by atoms with Gasteiger partial charge in [0.15, 0.2) is 0 Å². The average molecular weight is 172 g/mol. The summed E-state index contributed by atoms with van der Waals surface area (Å²) >= 11 is 0. The molecule has 0 aliphatic rings. The molecule has 0 saturated heterocycles. The molecule has 0 unspecified atom stereocenters. The van der Waals surface area contributed by atoms with Crippen molar-refractivity contribution in [2.75, 3.05) is 0 Å². The third-order valence-corrected chi connectivity index (χ3v) is 1.80. The van der Waals surface area contributed by atoms with Gasteiger partial charge in [-0.1, -0.05) is 35.2 Å². The number of nitrogens with zero attached hydrogens (tertiary/aromatic N) is 2. The number of rotatable bonds is 1. The highest BCUT2D eigenvalue weighted by molar-refractivity contribution is 5.61. The Morgan fingerprint density at radius 3 is 2.38 bits per heavy atom. The first-order valence-electron chi connectivity index (χ1n) is 3.97. The van der Waals surface area contributed by atoms with Crippen molar-refractivity contribution in [2.24, 2.45) is 0 Å². The molecule has 0 fully saturated rings. The van der Waals surface area contributed by atoms with E-state index >= 15 is 0 Å². The average Bonchev–Trinajstić information content (AvgIpc) is 2.20. The van der Waals surface area contributed by atoms with Gasteiger partial charge < -0.3 is 5.21 Å². The molecule has 13 heavy (non-hydrogen) atoms. The van der Waals surface area contributed by atoms with Gasteiger partial charge in [0, 0.05) is 16.7 Å². The molecule has 0 saturated carbocycles. The lowest BCUT2D eigenvalue weighted by molar-refractivity contribution is -0.669. The van der Waals surface area contributed by atoms with Gasteiger partial charge >= 0.3 is 0 Å². The predicted octanol–water partition coefficient (Wildman–Crippen LogP) is 1.38. The van der Waals surface area contributed by atoms with Gasteiger partial charge in [-0.05, 0) is 5.56 Å². The summed E-state index contributed by atoms with van der Waals surface area (Å²) in [7, 11) is 0. The zero-order valence-corrected chi connectivity index (χ0v) is 6.92. The molecule has 64 valence electrons. The van der Waals surface area contributed by atoms with E-state index in [-0.39, 0.29) is 0 Å². The predicted molar refractivity (Wildman–Crippen MR) is 48.6 cm³/mol. The van der Waals surface area contributed by atoms with Crippen LogP contribution < -0.4 is 4.85 Å². The van der Waals surface area contributed by atoms with Crippen molar-refractivity contribution < 1.29 is 4.85 Å². The third kappa shape index (κ3) is 1.64. The molecular weight excluding hydrogens is 164 g/mol. The molecule has 3 nitrogen and oxygen atoms in total. The Morgan fingerprint density at radius 1 is 1.00 bits per heavy atom. The van der Waals surface area contributed by atoms with E-state index in [2.05, 4.69) is 5.10 Å². The SMILES string of the molecule is [O-][n+]1ccc(-c2ccccc2)cn1. The standard InChI is InChI=1S/C10H8N2O/c13-12-7-6-10(8-11-12)9-4-2-1-3-5-9/h1-8H. The van der Waals surface area contributed by atoms with E-state index in [1.54, 1.807) is 12.3 Å².